The van der Waals surface area contributed by atoms with Gasteiger partial charge in [0, 0.05) is 42.5 Å². The van der Waals surface area contributed by atoms with E-state index in [0.29, 0.717) is 47.8 Å². The largest absolute Gasteiger partial charge is 0.478 e. The summed E-state index contributed by atoms with van der Waals surface area (Å²) in [7, 11) is 1.62. The molecule has 5 aromatic rings. The number of hydrogen-bond donors (Lipinski definition) is 6. The fourth-order valence-electron chi connectivity index (χ4n) is 4.56. The van der Waals surface area contributed by atoms with Crippen molar-refractivity contribution >= 4 is 58.7 Å². The molecule has 51 heavy (non-hydrogen) atoms. The number of carbonyl (C=O) groups excluding carboxylic acids is 2. The number of imidazole rings is 2. The summed E-state index contributed by atoms with van der Waals surface area (Å²) in [4.78, 5) is 53.6. The molecule has 3 aromatic heterocycles. The van der Waals surface area contributed by atoms with Crippen molar-refractivity contribution in [2.24, 2.45) is 0 Å². The van der Waals surface area contributed by atoms with E-state index in [1.165, 1.54) is 35.3 Å². The van der Waals surface area contributed by atoms with Crippen molar-refractivity contribution in [2.75, 3.05) is 17.7 Å². The Morgan fingerprint density at radius 1 is 0.882 bits per heavy atom. The van der Waals surface area contributed by atoms with Crippen molar-refractivity contribution in [3.05, 3.63) is 125 Å². The van der Waals surface area contributed by atoms with Gasteiger partial charge in [0.25, 0.3) is 5.91 Å². The number of benzene rings is 2. The van der Waals surface area contributed by atoms with Crippen LogP contribution in [0.4, 0.5) is 11.4 Å². The molecule has 0 atom stereocenters. The monoisotopic (exact) mass is 710 g/mol. The molecule has 0 spiro atoms. The summed E-state index contributed by atoms with van der Waals surface area (Å²) in [6.45, 7) is 0. The Morgan fingerprint density at radius 2 is 1.63 bits per heavy atom. The first-order chi connectivity index (χ1) is 24.5. The number of anilines is 2. The van der Waals surface area contributed by atoms with E-state index < -0.39 is 23.6 Å². The molecule has 0 aliphatic heterocycles. The van der Waals surface area contributed by atoms with Gasteiger partial charge < -0.3 is 20.8 Å². The molecule has 0 radical (unpaired) electrons. The number of aromatic carboxylic acids is 2. The SMILES string of the molecule is CNc1cc(CCCc2ccc(C(=O)O)c(NC(=O)C(=N)/C=C\C(=N)n3ccnc3)c2)c(Cl)cc1C(=O)O.O=Cc1ccc(-n2ccnc2)nn1. The van der Waals surface area contributed by atoms with Gasteiger partial charge in [-0.15, -0.1) is 10.2 Å². The smallest absolute Gasteiger partial charge is 0.337 e. The van der Waals surface area contributed by atoms with Crippen LogP contribution in [0.15, 0.2) is 92.1 Å². The Balaban J connectivity index is 0.000000372. The third-order valence-corrected chi connectivity index (χ3v) is 7.51. The molecule has 260 valence electrons. The second-order valence-corrected chi connectivity index (χ2v) is 11.0. The second-order valence-electron chi connectivity index (χ2n) is 10.5. The minimum absolute atomic E-state index is 0.00665. The van der Waals surface area contributed by atoms with E-state index >= 15 is 0 Å². The van der Waals surface area contributed by atoms with E-state index in [9.17, 15) is 29.4 Å². The summed E-state index contributed by atoms with van der Waals surface area (Å²) in [5, 5.41) is 47.9. The Labute approximate surface area is 295 Å². The number of allylic oxidation sites excluding steroid dienone is 1. The topological polar surface area (TPSA) is 242 Å². The molecule has 0 aliphatic rings. The number of aryl methyl sites for hydroxylation is 2. The number of nitrogens with one attached hydrogen (secondary N) is 4. The summed E-state index contributed by atoms with van der Waals surface area (Å²) in [5.41, 5.74) is 1.81. The summed E-state index contributed by atoms with van der Waals surface area (Å²) in [5.74, 6) is -2.52. The quantitative estimate of drug-likeness (QED) is 0.0557. The summed E-state index contributed by atoms with van der Waals surface area (Å²) in [6.07, 6.45) is 14.2. The number of amides is 1. The average molecular weight is 711 g/mol. The Morgan fingerprint density at radius 3 is 2.24 bits per heavy atom. The molecule has 2 aromatic carbocycles. The van der Waals surface area contributed by atoms with Crippen molar-refractivity contribution in [3.8, 4) is 5.82 Å². The Bertz CT molecular complexity index is 2080. The van der Waals surface area contributed by atoms with Crippen LogP contribution >= 0.6 is 11.6 Å². The number of carboxylic acids is 2. The second kappa shape index (κ2) is 17.5. The molecule has 16 nitrogen and oxygen atoms in total. The minimum atomic E-state index is -1.24. The van der Waals surface area contributed by atoms with Gasteiger partial charge in [0.15, 0.2) is 12.1 Å². The molecule has 0 bridgehead atoms. The standard InChI is InChI=1S/C26H25ClN6O5.C8H6N4O/c1-30-21-12-16(19(27)13-18(21)26(37)38)4-2-3-15-5-6-17(25(35)36)22(11-15)32-24(34)20(28)7-8-23(29)33-10-9-31-14-33;13-5-7-1-2-8(11-10-7)12-4-3-9-6-12/h5-14,28-30H,2-4H2,1H3,(H,32,34)(H,35,36)(H,37,38);1-6H/b8-7-,28-20?,29-23?;. The zero-order valence-corrected chi connectivity index (χ0v) is 27.7. The fraction of sp³-hybridized carbons (Fsp3) is 0.118. The number of rotatable bonds is 13. The lowest BCUT2D eigenvalue weighted by atomic mass is 10.00. The maximum atomic E-state index is 12.5. The van der Waals surface area contributed by atoms with Crippen LogP contribution in [0.1, 0.15) is 48.8 Å². The van der Waals surface area contributed by atoms with Gasteiger partial charge in [-0.25, -0.2) is 19.6 Å². The molecule has 6 N–H and O–H groups in total. The molecule has 3 heterocycles. The van der Waals surface area contributed by atoms with Crippen molar-refractivity contribution < 1.29 is 29.4 Å². The highest BCUT2D eigenvalue weighted by Crippen LogP contribution is 2.27. The third kappa shape index (κ3) is 10.1. The number of aromatic nitrogens is 6. The lowest BCUT2D eigenvalue weighted by molar-refractivity contribution is -0.110. The molecule has 0 unspecified atom stereocenters. The lowest BCUT2D eigenvalue weighted by Crippen LogP contribution is -2.22. The van der Waals surface area contributed by atoms with Crippen molar-refractivity contribution in [1.29, 1.82) is 10.8 Å². The van der Waals surface area contributed by atoms with E-state index in [1.807, 2.05) is 0 Å². The Kier molecular flexibility index (Phi) is 12.7. The fourth-order valence-corrected chi connectivity index (χ4v) is 4.82. The van der Waals surface area contributed by atoms with Gasteiger partial charge >= 0.3 is 11.9 Å². The normalized spacial score (nSPS) is 10.5. The van der Waals surface area contributed by atoms with Crippen LogP contribution in [0, 0.1) is 10.8 Å². The van der Waals surface area contributed by atoms with Crippen LogP contribution < -0.4 is 10.6 Å². The summed E-state index contributed by atoms with van der Waals surface area (Å²) >= 11 is 6.28. The summed E-state index contributed by atoms with van der Waals surface area (Å²) < 4.78 is 3.10. The number of hydrogen-bond acceptors (Lipinski definition) is 11. The van der Waals surface area contributed by atoms with Crippen molar-refractivity contribution in [1.82, 2.24) is 29.3 Å². The maximum absolute atomic E-state index is 12.5. The van der Waals surface area contributed by atoms with Gasteiger partial charge in [0.2, 0.25) is 0 Å². The Hall–Kier alpha value is -6.81. The van der Waals surface area contributed by atoms with Gasteiger partial charge in [-0.2, -0.15) is 0 Å². The van der Waals surface area contributed by atoms with E-state index in [1.54, 1.807) is 66.9 Å². The van der Waals surface area contributed by atoms with Crippen LogP contribution in [0.25, 0.3) is 5.82 Å². The molecule has 0 fully saturated rings. The van der Waals surface area contributed by atoms with E-state index in [-0.39, 0.29) is 22.6 Å². The van der Waals surface area contributed by atoms with Crippen LogP contribution in [0.5, 0.6) is 0 Å². The number of carboxylic acid groups (broad SMARTS) is 2. The number of aldehydes is 1. The molecule has 0 saturated carbocycles. The zero-order valence-electron chi connectivity index (χ0n) is 26.9. The maximum Gasteiger partial charge on any atom is 0.337 e. The number of carbonyl (C=O) groups is 4. The first-order valence-corrected chi connectivity index (χ1v) is 15.4. The molecule has 5 rings (SSSR count). The van der Waals surface area contributed by atoms with Crippen LogP contribution in [-0.2, 0) is 17.6 Å². The third-order valence-electron chi connectivity index (χ3n) is 7.16. The van der Waals surface area contributed by atoms with Crippen LogP contribution in [0.3, 0.4) is 0 Å². The molecular weight excluding hydrogens is 680 g/mol. The molecule has 1 amide bonds. The van der Waals surface area contributed by atoms with Crippen molar-refractivity contribution in [3.63, 3.8) is 0 Å². The van der Waals surface area contributed by atoms with Gasteiger partial charge in [0.05, 0.1) is 16.8 Å². The predicted molar refractivity (Wildman–Crippen MR) is 189 cm³/mol. The van der Waals surface area contributed by atoms with Gasteiger partial charge in [-0.1, -0.05) is 17.7 Å². The van der Waals surface area contributed by atoms with Crippen LogP contribution in [-0.4, -0.2) is 82.2 Å². The average Bonchev–Trinajstić information content (AvgIpc) is 3.87. The first kappa shape index (κ1) is 37.0. The highest BCUT2D eigenvalue weighted by atomic mass is 35.5. The van der Waals surface area contributed by atoms with Gasteiger partial charge in [-0.3, -0.25) is 29.5 Å². The van der Waals surface area contributed by atoms with E-state index in [4.69, 9.17) is 22.4 Å². The molecule has 0 aliphatic carbocycles. The first-order valence-electron chi connectivity index (χ1n) is 15.0. The number of halogens is 1. The zero-order chi connectivity index (χ0) is 36.9. The summed E-state index contributed by atoms with van der Waals surface area (Å²) in [6, 6.07) is 11.0. The molecular formula is C34H31ClN10O6. The molecule has 17 heteroatoms. The highest BCUT2D eigenvalue weighted by molar-refractivity contribution is 6.46. The van der Waals surface area contributed by atoms with E-state index in [0.717, 1.165) is 17.2 Å². The van der Waals surface area contributed by atoms with Crippen molar-refractivity contribution in [2.45, 2.75) is 19.3 Å². The number of nitrogens with zero attached hydrogens (tertiary/aromatic N) is 6. The predicted octanol–water partition coefficient (Wildman–Crippen LogP) is 4.66. The van der Waals surface area contributed by atoms with E-state index in [2.05, 4.69) is 30.8 Å². The van der Waals surface area contributed by atoms with Crippen LogP contribution in [0.2, 0.25) is 5.02 Å². The van der Waals surface area contributed by atoms with Gasteiger partial charge in [0.1, 0.15) is 29.9 Å². The van der Waals surface area contributed by atoms with Gasteiger partial charge in [-0.05, 0) is 78.9 Å². The molecule has 0 saturated heterocycles. The minimum Gasteiger partial charge on any atom is -0.478 e. The highest BCUT2D eigenvalue weighted by Gasteiger charge is 2.16. The lowest BCUT2D eigenvalue weighted by Gasteiger charge is -2.12.